The van der Waals surface area contributed by atoms with Crippen LogP contribution in [0.3, 0.4) is 0 Å². The van der Waals surface area contributed by atoms with Gasteiger partial charge in [-0.15, -0.1) is 24.0 Å². The number of halogens is 3. The zero-order valence-corrected chi connectivity index (χ0v) is 19.8. The van der Waals surface area contributed by atoms with Crippen LogP contribution in [0, 0.1) is 13.8 Å². The Hall–Kier alpha value is -1.91. The van der Waals surface area contributed by atoms with Gasteiger partial charge in [-0.05, 0) is 57.4 Å². The van der Waals surface area contributed by atoms with Crippen LogP contribution in [0.2, 0.25) is 0 Å². The molecule has 2 rings (SSSR count). The summed E-state index contributed by atoms with van der Waals surface area (Å²) in [5.74, 6) is 0.811. The summed E-state index contributed by atoms with van der Waals surface area (Å²) in [5.41, 5.74) is 4.22. The molecule has 0 amide bonds. The minimum absolute atomic E-state index is 0. The van der Waals surface area contributed by atoms with Gasteiger partial charge in [-0.1, -0.05) is 12.1 Å². The highest BCUT2D eigenvalue weighted by atomic mass is 127. The molecule has 2 N–H and O–H groups in total. The number of nitrogens with zero attached hydrogens (tertiary/aromatic N) is 3. The first-order chi connectivity index (χ1) is 13.3. The fraction of sp³-hybridized carbons (Fsp3) is 0.500. The second-order valence-electron chi connectivity index (χ2n) is 6.74. The number of hydrogen-bond acceptors (Lipinski definition) is 3. The topological polar surface area (TPSA) is 63.5 Å². The van der Waals surface area contributed by atoms with Gasteiger partial charge in [0.2, 0.25) is 0 Å². The van der Waals surface area contributed by atoms with Crippen molar-refractivity contribution < 1.29 is 13.5 Å². The number of ether oxygens (including phenoxy) is 1. The van der Waals surface area contributed by atoms with Gasteiger partial charge < -0.3 is 15.4 Å². The molecule has 0 spiro atoms. The maximum absolute atomic E-state index is 12.4. The lowest BCUT2D eigenvalue weighted by atomic mass is 10.1. The van der Waals surface area contributed by atoms with E-state index in [1.807, 2.05) is 31.6 Å². The van der Waals surface area contributed by atoms with Crippen LogP contribution in [0.15, 0.2) is 29.3 Å². The predicted molar refractivity (Wildman–Crippen MR) is 122 cm³/mol. The van der Waals surface area contributed by atoms with E-state index in [-0.39, 0.29) is 35.8 Å². The molecule has 1 aromatic carbocycles. The summed E-state index contributed by atoms with van der Waals surface area (Å²) in [7, 11) is 1.95. The molecule has 0 aliphatic rings. The molecule has 0 bridgehead atoms. The van der Waals surface area contributed by atoms with E-state index in [2.05, 4.69) is 39.3 Å². The number of nitrogens with one attached hydrogen (secondary N) is 2. The molecule has 29 heavy (non-hydrogen) atoms. The Morgan fingerprint density at radius 3 is 2.62 bits per heavy atom. The van der Waals surface area contributed by atoms with Crippen molar-refractivity contribution in [3.8, 4) is 5.75 Å². The van der Waals surface area contributed by atoms with E-state index in [1.165, 1.54) is 11.6 Å². The number of rotatable bonds is 8. The highest BCUT2D eigenvalue weighted by Crippen LogP contribution is 2.17. The van der Waals surface area contributed by atoms with Crippen molar-refractivity contribution in [3.63, 3.8) is 0 Å². The minimum atomic E-state index is -2.84. The number of hydrogen-bond donors (Lipinski definition) is 2. The summed E-state index contributed by atoms with van der Waals surface area (Å²) in [6.45, 7) is 6.41. The van der Waals surface area contributed by atoms with E-state index in [4.69, 9.17) is 0 Å². The van der Waals surface area contributed by atoms with Crippen molar-refractivity contribution in [2.45, 2.75) is 53.3 Å². The largest absolute Gasteiger partial charge is 0.435 e. The van der Waals surface area contributed by atoms with Crippen LogP contribution in [0.1, 0.15) is 36.4 Å². The smallest absolute Gasteiger partial charge is 0.387 e. The lowest BCUT2D eigenvalue weighted by molar-refractivity contribution is -0.0498. The van der Waals surface area contributed by atoms with Crippen LogP contribution in [-0.4, -0.2) is 34.9 Å². The number of guanidine groups is 1. The fourth-order valence-corrected chi connectivity index (χ4v) is 3.01. The summed E-state index contributed by atoms with van der Waals surface area (Å²) >= 11 is 0. The van der Waals surface area contributed by atoms with Crippen LogP contribution in [0.5, 0.6) is 5.75 Å². The molecule has 0 fully saturated rings. The zero-order valence-electron chi connectivity index (χ0n) is 17.5. The maximum atomic E-state index is 12.4. The zero-order chi connectivity index (χ0) is 20.7. The molecule has 0 saturated heterocycles. The molecule has 0 radical (unpaired) electrons. The van der Waals surface area contributed by atoms with Crippen molar-refractivity contribution in [3.05, 3.63) is 46.8 Å². The lowest BCUT2D eigenvalue weighted by Crippen LogP contribution is -2.43. The molecular formula is C20H30F2IN5O. The first kappa shape index (κ1) is 25.1. The van der Waals surface area contributed by atoms with Crippen LogP contribution in [-0.2, 0) is 20.0 Å². The molecular weight excluding hydrogens is 491 g/mol. The first-order valence-electron chi connectivity index (χ1n) is 9.37. The standard InChI is InChI=1S/C20H29F2N5O.HI/c1-6-23-20(24-12-16-8-7-9-17(11-16)28-19(21)22)25-13(2)10-18-14(3)26-27(5)15(18)4;/h7-9,11,13,19H,6,10,12H2,1-5H3,(H2,23,24,25);1H. The highest BCUT2D eigenvalue weighted by molar-refractivity contribution is 14.0. The Balaban J connectivity index is 0.00000420. The molecule has 0 aliphatic carbocycles. The molecule has 1 unspecified atom stereocenters. The maximum Gasteiger partial charge on any atom is 0.387 e. The number of aryl methyl sites for hydroxylation is 2. The van der Waals surface area contributed by atoms with Crippen LogP contribution >= 0.6 is 24.0 Å². The van der Waals surface area contributed by atoms with Crippen molar-refractivity contribution in [1.29, 1.82) is 0 Å². The summed E-state index contributed by atoms with van der Waals surface area (Å²) in [5, 5.41) is 11.1. The predicted octanol–water partition coefficient (Wildman–Crippen LogP) is 3.94. The van der Waals surface area contributed by atoms with Gasteiger partial charge in [0.25, 0.3) is 0 Å². The Labute approximate surface area is 188 Å². The van der Waals surface area contributed by atoms with Gasteiger partial charge in [0.05, 0.1) is 12.2 Å². The van der Waals surface area contributed by atoms with Gasteiger partial charge in [0.1, 0.15) is 5.75 Å². The highest BCUT2D eigenvalue weighted by Gasteiger charge is 2.14. The summed E-state index contributed by atoms with van der Waals surface area (Å²) in [4.78, 5) is 4.57. The quantitative estimate of drug-likeness (QED) is 0.314. The normalized spacial score (nSPS) is 12.5. The number of aromatic nitrogens is 2. The van der Waals surface area contributed by atoms with E-state index in [1.54, 1.807) is 12.1 Å². The first-order valence-corrected chi connectivity index (χ1v) is 9.37. The summed E-state index contributed by atoms with van der Waals surface area (Å²) in [6.07, 6.45) is 0.827. The Bertz CT molecular complexity index is 810. The molecule has 9 heteroatoms. The minimum Gasteiger partial charge on any atom is -0.435 e. The Morgan fingerprint density at radius 1 is 1.31 bits per heavy atom. The number of aliphatic imine (C=N–C) groups is 1. The third-order valence-electron chi connectivity index (χ3n) is 4.44. The second-order valence-corrected chi connectivity index (χ2v) is 6.74. The van der Waals surface area contributed by atoms with E-state index in [0.717, 1.165) is 29.9 Å². The van der Waals surface area contributed by atoms with Gasteiger partial charge in [-0.25, -0.2) is 4.99 Å². The van der Waals surface area contributed by atoms with E-state index in [0.29, 0.717) is 12.5 Å². The van der Waals surface area contributed by atoms with E-state index >= 15 is 0 Å². The van der Waals surface area contributed by atoms with Crippen LogP contribution in [0.25, 0.3) is 0 Å². The summed E-state index contributed by atoms with van der Waals surface area (Å²) in [6, 6.07) is 6.73. The van der Waals surface area contributed by atoms with E-state index in [9.17, 15) is 8.78 Å². The van der Waals surface area contributed by atoms with Crippen molar-refractivity contribution >= 4 is 29.9 Å². The molecule has 1 aromatic heterocycles. The SMILES string of the molecule is CCNC(=NCc1cccc(OC(F)F)c1)NC(C)Cc1c(C)nn(C)c1C.I. The molecule has 162 valence electrons. The average Bonchev–Trinajstić information content (AvgIpc) is 2.86. The number of alkyl halides is 2. The van der Waals surface area contributed by atoms with E-state index < -0.39 is 6.61 Å². The molecule has 2 aromatic rings. The Morgan fingerprint density at radius 2 is 2.03 bits per heavy atom. The third kappa shape index (κ3) is 7.79. The molecule has 1 heterocycles. The third-order valence-corrected chi connectivity index (χ3v) is 4.44. The fourth-order valence-electron chi connectivity index (χ4n) is 3.01. The molecule has 6 nitrogen and oxygen atoms in total. The van der Waals surface area contributed by atoms with Crippen LogP contribution in [0.4, 0.5) is 8.78 Å². The monoisotopic (exact) mass is 521 g/mol. The van der Waals surface area contributed by atoms with Gasteiger partial charge >= 0.3 is 6.61 Å². The van der Waals surface area contributed by atoms with Gasteiger partial charge in [-0.3, -0.25) is 4.68 Å². The Kier molecular flexibility index (Phi) is 10.3. The molecule has 0 saturated carbocycles. The second kappa shape index (κ2) is 11.9. The van der Waals surface area contributed by atoms with Crippen molar-refractivity contribution in [2.24, 2.45) is 12.0 Å². The summed E-state index contributed by atoms with van der Waals surface area (Å²) < 4.78 is 31.1. The van der Waals surface area contributed by atoms with Crippen LogP contribution < -0.4 is 15.4 Å². The van der Waals surface area contributed by atoms with Gasteiger partial charge in [0, 0.05) is 25.3 Å². The van der Waals surface area contributed by atoms with Gasteiger partial charge in [-0.2, -0.15) is 13.9 Å². The van der Waals surface area contributed by atoms with Crippen molar-refractivity contribution in [1.82, 2.24) is 20.4 Å². The molecule has 1 atom stereocenters. The number of benzene rings is 1. The lowest BCUT2D eigenvalue weighted by Gasteiger charge is -2.18. The average molecular weight is 521 g/mol. The van der Waals surface area contributed by atoms with Gasteiger partial charge in [0.15, 0.2) is 5.96 Å². The van der Waals surface area contributed by atoms with Crippen molar-refractivity contribution in [2.75, 3.05) is 6.54 Å². The molecule has 0 aliphatic heterocycles.